The maximum atomic E-state index is 9.19. The first-order valence-electron chi connectivity index (χ1n) is 5.71. The summed E-state index contributed by atoms with van der Waals surface area (Å²) in [6, 6.07) is 8.28. The fraction of sp³-hybridized carbons (Fsp3) is 0.538. The Hall–Kier alpha value is -0.710. The lowest BCUT2D eigenvalue weighted by molar-refractivity contribution is 0.276. The number of hydrogen-bond donors (Lipinski definition) is 2. The topological polar surface area (TPSA) is 41.5 Å². The van der Waals surface area contributed by atoms with Crippen molar-refractivity contribution in [2.75, 3.05) is 20.0 Å². The Kier molecular flexibility index (Phi) is 6.40. The van der Waals surface area contributed by atoms with Gasteiger partial charge in [-0.05, 0) is 30.9 Å². The molecule has 0 radical (unpaired) electrons. The minimum absolute atomic E-state index is 0.202. The molecular weight excluding hydrogens is 234 g/mol. The summed E-state index contributed by atoms with van der Waals surface area (Å²) in [6.45, 7) is 3.08. The lowest BCUT2D eigenvalue weighted by Gasteiger charge is -2.21. The summed E-state index contributed by atoms with van der Waals surface area (Å²) in [6.07, 6.45) is 2.02. The van der Waals surface area contributed by atoms with E-state index in [2.05, 4.69) is 18.3 Å². The predicted molar refractivity (Wildman–Crippen MR) is 73.7 cm³/mol. The Morgan fingerprint density at radius 2 is 2.24 bits per heavy atom. The third-order valence-corrected chi connectivity index (χ3v) is 3.97. The second-order valence-corrected chi connectivity index (χ2v) is 5.05. The van der Waals surface area contributed by atoms with E-state index >= 15 is 0 Å². The minimum atomic E-state index is 0.202. The predicted octanol–water partition coefficient (Wildman–Crippen LogP) is 1.90. The van der Waals surface area contributed by atoms with E-state index in [1.807, 2.05) is 24.5 Å². The molecule has 1 rings (SSSR count). The van der Waals surface area contributed by atoms with Gasteiger partial charge < -0.3 is 15.2 Å². The number of nitrogens with one attached hydrogen (secondary N) is 1. The van der Waals surface area contributed by atoms with Crippen molar-refractivity contribution >= 4 is 11.8 Å². The van der Waals surface area contributed by atoms with Crippen LogP contribution in [0.2, 0.25) is 0 Å². The van der Waals surface area contributed by atoms with Gasteiger partial charge in [-0.2, -0.15) is 11.8 Å². The molecule has 0 aliphatic heterocycles. The minimum Gasteiger partial charge on any atom is -0.497 e. The molecule has 3 nitrogen and oxygen atoms in total. The Bertz CT molecular complexity index is 329. The number of aliphatic hydroxyl groups is 1. The Labute approximate surface area is 108 Å². The molecule has 1 aromatic rings. The molecule has 0 amide bonds. The Morgan fingerprint density at radius 1 is 1.47 bits per heavy atom. The van der Waals surface area contributed by atoms with Gasteiger partial charge in [0.1, 0.15) is 5.75 Å². The zero-order valence-electron chi connectivity index (χ0n) is 10.6. The number of thioether (sulfide) groups is 1. The lowest BCUT2D eigenvalue weighted by Crippen LogP contribution is -2.37. The summed E-state index contributed by atoms with van der Waals surface area (Å²) in [5.74, 6) is 0.875. The van der Waals surface area contributed by atoms with Crippen LogP contribution in [0.1, 0.15) is 12.5 Å². The van der Waals surface area contributed by atoms with Gasteiger partial charge in [0.15, 0.2) is 0 Å². The third kappa shape index (κ3) is 4.58. The smallest absolute Gasteiger partial charge is 0.119 e. The van der Waals surface area contributed by atoms with Crippen molar-refractivity contribution in [3.63, 3.8) is 0 Å². The summed E-state index contributed by atoms with van der Waals surface area (Å²) in [5.41, 5.74) is 1.19. The highest BCUT2D eigenvalue weighted by molar-refractivity contribution is 7.99. The van der Waals surface area contributed by atoms with E-state index in [0.29, 0.717) is 0 Å². The summed E-state index contributed by atoms with van der Waals surface area (Å²) in [4.78, 5) is 0. The Morgan fingerprint density at radius 3 is 2.82 bits per heavy atom. The van der Waals surface area contributed by atoms with Crippen LogP contribution in [0.25, 0.3) is 0 Å². The molecule has 1 aromatic carbocycles. The van der Waals surface area contributed by atoms with Gasteiger partial charge in [0.05, 0.1) is 13.7 Å². The maximum Gasteiger partial charge on any atom is 0.119 e. The number of ether oxygens (including phenoxy) is 1. The van der Waals surface area contributed by atoms with E-state index < -0.39 is 0 Å². The normalized spacial score (nSPS) is 14.4. The van der Waals surface area contributed by atoms with Gasteiger partial charge in [0.25, 0.3) is 0 Å². The van der Waals surface area contributed by atoms with Crippen LogP contribution < -0.4 is 10.1 Å². The summed E-state index contributed by atoms with van der Waals surface area (Å²) >= 11 is 1.68. The number of methoxy groups -OCH3 is 1. The van der Waals surface area contributed by atoms with Crippen LogP contribution in [0.3, 0.4) is 0 Å². The second kappa shape index (κ2) is 7.58. The molecule has 2 atom stereocenters. The molecule has 0 heterocycles. The standard InChI is InChI=1S/C13H21NO2S/c1-10(13(9-15)17-3)14-8-11-5-4-6-12(7-11)16-2/h4-7,10,13-15H,8-9H2,1-3H3. The first-order chi connectivity index (χ1) is 8.21. The lowest BCUT2D eigenvalue weighted by atomic mass is 10.2. The van der Waals surface area contributed by atoms with E-state index in [1.54, 1.807) is 18.9 Å². The number of rotatable bonds is 7. The molecule has 0 spiro atoms. The SMILES string of the molecule is COc1cccc(CNC(C)C(CO)SC)c1. The molecule has 0 bridgehead atoms. The molecule has 4 heteroatoms. The molecule has 96 valence electrons. The molecule has 17 heavy (non-hydrogen) atoms. The summed E-state index contributed by atoms with van der Waals surface area (Å²) < 4.78 is 5.18. The average Bonchev–Trinajstić information content (AvgIpc) is 2.38. The molecule has 0 saturated carbocycles. The van der Waals surface area contributed by atoms with Crippen LogP contribution in [0.5, 0.6) is 5.75 Å². The van der Waals surface area contributed by atoms with Crippen molar-refractivity contribution in [1.29, 1.82) is 0 Å². The number of aliphatic hydroxyl groups excluding tert-OH is 1. The zero-order valence-corrected chi connectivity index (χ0v) is 11.5. The molecule has 0 aromatic heterocycles. The fourth-order valence-electron chi connectivity index (χ4n) is 1.63. The first-order valence-corrected chi connectivity index (χ1v) is 7.00. The number of benzene rings is 1. The van der Waals surface area contributed by atoms with Crippen LogP contribution in [0.15, 0.2) is 24.3 Å². The van der Waals surface area contributed by atoms with Crippen LogP contribution in [-0.4, -0.2) is 36.4 Å². The van der Waals surface area contributed by atoms with Crippen LogP contribution in [0, 0.1) is 0 Å². The fourth-order valence-corrected chi connectivity index (χ4v) is 2.28. The molecular formula is C13H21NO2S. The van der Waals surface area contributed by atoms with Crippen molar-refractivity contribution in [3.05, 3.63) is 29.8 Å². The van der Waals surface area contributed by atoms with E-state index in [4.69, 9.17) is 4.74 Å². The molecule has 0 aliphatic rings. The molecule has 0 fully saturated rings. The average molecular weight is 255 g/mol. The van der Waals surface area contributed by atoms with Gasteiger partial charge in [-0.1, -0.05) is 12.1 Å². The van der Waals surface area contributed by atoms with Gasteiger partial charge in [-0.3, -0.25) is 0 Å². The van der Waals surface area contributed by atoms with Crippen molar-refractivity contribution in [1.82, 2.24) is 5.32 Å². The quantitative estimate of drug-likeness (QED) is 0.781. The highest BCUT2D eigenvalue weighted by Crippen LogP contribution is 2.14. The van der Waals surface area contributed by atoms with Crippen molar-refractivity contribution < 1.29 is 9.84 Å². The highest BCUT2D eigenvalue weighted by atomic mass is 32.2. The Balaban J connectivity index is 2.49. The third-order valence-electron chi connectivity index (χ3n) is 2.80. The van der Waals surface area contributed by atoms with Gasteiger partial charge in [-0.15, -0.1) is 0 Å². The van der Waals surface area contributed by atoms with Gasteiger partial charge in [0, 0.05) is 17.8 Å². The van der Waals surface area contributed by atoms with E-state index in [-0.39, 0.29) is 17.9 Å². The van der Waals surface area contributed by atoms with Gasteiger partial charge in [-0.25, -0.2) is 0 Å². The molecule has 0 saturated heterocycles. The zero-order chi connectivity index (χ0) is 12.7. The molecule has 2 N–H and O–H groups in total. The van der Waals surface area contributed by atoms with Crippen molar-refractivity contribution in [2.24, 2.45) is 0 Å². The van der Waals surface area contributed by atoms with Gasteiger partial charge in [0.2, 0.25) is 0 Å². The van der Waals surface area contributed by atoms with Crippen molar-refractivity contribution in [2.45, 2.75) is 24.8 Å². The van der Waals surface area contributed by atoms with Crippen LogP contribution >= 0.6 is 11.8 Å². The summed E-state index contributed by atoms with van der Waals surface area (Å²) in [5, 5.41) is 12.8. The number of hydrogen-bond acceptors (Lipinski definition) is 4. The van der Waals surface area contributed by atoms with Crippen molar-refractivity contribution in [3.8, 4) is 5.75 Å². The van der Waals surface area contributed by atoms with E-state index in [9.17, 15) is 5.11 Å². The highest BCUT2D eigenvalue weighted by Gasteiger charge is 2.14. The first kappa shape index (κ1) is 14.4. The molecule has 0 aliphatic carbocycles. The molecule has 2 unspecified atom stereocenters. The maximum absolute atomic E-state index is 9.19. The summed E-state index contributed by atoms with van der Waals surface area (Å²) in [7, 11) is 1.67. The largest absolute Gasteiger partial charge is 0.497 e. The van der Waals surface area contributed by atoms with E-state index in [1.165, 1.54) is 5.56 Å². The monoisotopic (exact) mass is 255 g/mol. The van der Waals surface area contributed by atoms with Crippen LogP contribution in [-0.2, 0) is 6.54 Å². The second-order valence-electron chi connectivity index (χ2n) is 3.98. The van der Waals surface area contributed by atoms with E-state index in [0.717, 1.165) is 12.3 Å². The van der Waals surface area contributed by atoms with Crippen LogP contribution in [0.4, 0.5) is 0 Å². The van der Waals surface area contributed by atoms with Gasteiger partial charge >= 0.3 is 0 Å².